The highest BCUT2D eigenvalue weighted by molar-refractivity contribution is 6.14. The van der Waals surface area contributed by atoms with Gasteiger partial charge in [0.1, 0.15) is 0 Å². The molecule has 0 amide bonds. The Balaban J connectivity index is 0.962. The molecule has 0 aliphatic carbocycles. The maximum absolute atomic E-state index is 2.45. The molecule has 12 aromatic carbocycles. The van der Waals surface area contributed by atoms with Crippen LogP contribution in [0.15, 0.2) is 267 Å². The third kappa shape index (κ3) is 6.82. The molecule has 13 rings (SSSR count). The van der Waals surface area contributed by atoms with Crippen molar-refractivity contribution in [2.75, 3.05) is 4.90 Å². The van der Waals surface area contributed by atoms with Crippen LogP contribution >= 0.6 is 0 Å². The lowest BCUT2D eigenvalue weighted by molar-refractivity contribution is 1.18. The van der Waals surface area contributed by atoms with Crippen LogP contribution in [0, 0.1) is 0 Å². The molecule has 1 aromatic heterocycles. The second kappa shape index (κ2) is 16.5. The first-order valence-electron chi connectivity index (χ1n) is 23.4. The number of aromatic nitrogens is 1. The van der Waals surface area contributed by atoms with Crippen LogP contribution in [-0.2, 0) is 0 Å². The van der Waals surface area contributed by atoms with E-state index in [4.69, 9.17) is 0 Å². The van der Waals surface area contributed by atoms with Crippen LogP contribution < -0.4 is 4.90 Å². The zero-order valence-corrected chi connectivity index (χ0v) is 37.3. The summed E-state index contributed by atoms with van der Waals surface area (Å²) in [5, 5.41) is 10.0. The van der Waals surface area contributed by atoms with Gasteiger partial charge in [-0.05, 0) is 126 Å². The number of fused-ring (bicyclic) bond motifs is 7. The maximum Gasteiger partial charge on any atom is 0.0547 e. The van der Waals surface area contributed by atoms with E-state index >= 15 is 0 Å². The van der Waals surface area contributed by atoms with Gasteiger partial charge >= 0.3 is 0 Å². The summed E-state index contributed by atoms with van der Waals surface area (Å²) in [5.74, 6) is 0. The van der Waals surface area contributed by atoms with Gasteiger partial charge in [-0.25, -0.2) is 0 Å². The third-order valence-electron chi connectivity index (χ3n) is 13.8. The minimum atomic E-state index is 1.08. The van der Waals surface area contributed by atoms with Gasteiger partial charge in [0.25, 0.3) is 0 Å². The first-order chi connectivity index (χ1) is 33.7. The minimum Gasteiger partial charge on any atom is -0.309 e. The predicted octanol–water partition coefficient (Wildman–Crippen LogP) is 18.4. The Morgan fingerprint density at radius 1 is 0.250 bits per heavy atom. The van der Waals surface area contributed by atoms with E-state index < -0.39 is 0 Å². The number of benzene rings is 12. The van der Waals surface area contributed by atoms with Crippen molar-refractivity contribution in [3.05, 3.63) is 267 Å². The molecule has 68 heavy (non-hydrogen) atoms. The largest absolute Gasteiger partial charge is 0.309 e. The van der Waals surface area contributed by atoms with Gasteiger partial charge in [0.05, 0.1) is 22.4 Å². The van der Waals surface area contributed by atoms with Gasteiger partial charge in [0.15, 0.2) is 0 Å². The fourth-order valence-electron chi connectivity index (χ4n) is 10.4. The van der Waals surface area contributed by atoms with E-state index in [1.54, 1.807) is 0 Å². The predicted molar refractivity (Wildman–Crippen MR) is 290 cm³/mol. The highest BCUT2D eigenvalue weighted by Gasteiger charge is 2.22. The molecule has 0 spiro atoms. The highest BCUT2D eigenvalue weighted by Crippen LogP contribution is 2.46. The summed E-state index contributed by atoms with van der Waals surface area (Å²) in [7, 11) is 0. The maximum atomic E-state index is 2.45. The van der Waals surface area contributed by atoms with Crippen molar-refractivity contribution >= 4 is 71.2 Å². The molecule has 0 saturated heterocycles. The molecule has 0 unspecified atom stereocenters. The van der Waals surface area contributed by atoms with E-state index in [9.17, 15) is 0 Å². The number of hydrogen-bond donors (Lipinski definition) is 0. The van der Waals surface area contributed by atoms with E-state index in [-0.39, 0.29) is 0 Å². The molecule has 0 atom stereocenters. The molecule has 2 heteroatoms. The molecule has 0 N–H and O–H groups in total. The molecule has 0 aliphatic rings. The van der Waals surface area contributed by atoms with Crippen LogP contribution in [0.5, 0.6) is 0 Å². The number of anilines is 3. The fraction of sp³-hybridized carbons (Fsp3) is 0. The fourth-order valence-corrected chi connectivity index (χ4v) is 10.4. The SMILES string of the molecule is c1ccc(-c2ccc(-c3ccccc3N(c3ccc(-c4ccc5c(ccc6ccccc65)c4)cc3)c3ccccc3-c3cccc(-n4c5ccccc5c5cc6ccccc6cc54)c3)cc2)cc1. The van der Waals surface area contributed by atoms with Crippen LogP contribution in [0.2, 0.25) is 0 Å². The van der Waals surface area contributed by atoms with E-state index in [0.29, 0.717) is 0 Å². The van der Waals surface area contributed by atoms with Crippen LogP contribution in [-0.4, -0.2) is 4.57 Å². The zero-order chi connectivity index (χ0) is 45.0. The van der Waals surface area contributed by atoms with Crippen molar-refractivity contribution in [3.63, 3.8) is 0 Å². The van der Waals surface area contributed by atoms with Gasteiger partial charge in [0.2, 0.25) is 0 Å². The minimum absolute atomic E-state index is 1.08. The summed E-state index contributed by atoms with van der Waals surface area (Å²) in [6.45, 7) is 0. The average Bonchev–Trinajstić information content (AvgIpc) is 3.74. The first kappa shape index (κ1) is 39.4. The summed E-state index contributed by atoms with van der Waals surface area (Å²) in [6.07, 6.45) is 0. The summed E-state index contributed by atoms with van der Waals surface area (Å²) >= 11 is 0. The molecule has 1 heterocycles. The summed E-state index contributed by atoms with van der Waals surface area (Å²) in [4.78, 5) is 2.45. The number of hydrogen-bond acceptors (Lipinski definition) is 1. The van der Waals surface area contributed by atoms with Gasteiger partial charge in [-0.2, -0.15) is 0 Å². The molecule has 318 valence electrons. The summed E-state index contributed by atoms with van der Waals surface area (Å²) < 4.78 is 2.43. The Kier molecular flexibility index (Phi) is 9.54. The van der Waals surface area contributed by atoms with Gasteiger partial charge in [-0.1, -0.05) is 206 Å². The monoisotopic (exact) mass is 864 g/mol. The molecule has 0 bridgehead atoms. The van der Waals surface area contributed by atoms with Crippen molar-refractivity contribution < 1.29 is 0 Å². The zero-order valence-electron chi connectivity index (χ0n) is 37.3. The topological polar surface area (TPSA) is 8.17 Å². The van der Waals surface area contributed by atoms with Gasteiger partial charge in [0, 0.05) is 33.3 Å². The average molecular weight is 865 g/mol. The molecule has 0 saturated carbocycles. The number of nitrogens with zero attached hydrogens (tertiary/aromatic N) is 2. The third-order valence-corrected chi connectivity index (χ3v) is 13.8. The van der Waals surface area contributed by atoms with Crippen LogP contribution in [0.4, 0.5) is 17.1 Å². The lowest BCUT2D eigenvalue weighted by Crippen LogP contribution is -2.12. The molecule has 0 fully saturated rings. The van der Waals surface area contributed by atoms with Crippen LogP contribution in [0.1, 0.15) is 0 Å². The quantitative estimate of drug-likeness (QED) is 0.138. The molecule has 0 radical (unpaired) electrons. The van der Waals surface area contributed by atoms with Crippen molar-refractivity contribution in [1.29, 1.82) is 0 Å². The van der Waals surface area contributed by atoms with Crippen molar-refractivity contribution in [2.24, 2.45) is 0 Å². The van der Waals surface area contributed by atoms with Crippen LogP contribution in [0.3, 0.4) is 0 Å². The molecule has 2 nitrogen and oxygen atoms in total. The van der Waals surface area contributed by atoms with Crippen molar-refractivity contribution in [3.8, 4) is 50.2 Å². The number of rotatable bonds is 8. The molecular formula is C66H44N2. The Labute approximate surface area is 395 Å². The lowest BCUT2D eigenvalue weighted by atomic mass is 9.96. The van der Waals surface area contributed by atoms with Crippen LogP contribution in [0.25, 0.3) is 104 Å². The Hall–Kier alpha value is -8.98. The highest BCUT2D eigenvalue weighted by atomic mass is 15.1. The molecule has 13 aromatic rings. The van der Waals surface area contributed by atoms with Gasteiger partial charge in [-0.3, -0.25) is 0 Å². The lowest BCUT2D eigenvalue weighted by Gasteiger charge is -2.30. The normalized spacial score (nSPS) is 11.5. The molecular weight excluding hydrogens is 821 g/mol. The molecule has 0 aliphatic heterocycles. The second-order valence-electron chi connectivity index (χ2n) is 17.7. The Morgan fingerprint density at radius 3 is 1.56 bits per heavy atom. The van der Waals surface area contributed by atoms with Crippen molar-refractivity contribution in [2.45, 2.75) is 0 Å². The van der Waals surface area contributed by atoms with Gasteiger partial charge < -0.3 is 9.47 Å². The van der Waals surface area contributed by atoms with Crippen molar-refractivity contribution in [1.82, 2.24) is 4.57 Å². The van der Waals surface area contributed by atoms with E-state index in [1.807, 2.05) is 0 Å². The summed E-state index contributed by atoms with van der Waals surface area (Å²) in [6, 6.07) is 97.6. The van der Waals surface area contributed by atoms with Gasteiger partial charge in [-0.15, -0.1) is 0 Å². The Bertz CT molecular complexity index is 4010. The Morgan fingerprint density at radius 2 is 0.779 bits per heavy atom. The van der Waals surface area contributed by atoms with E-state index in [1.165, 1.54) is 76.4 Å². The van der Waals surface area contributed by atoms with E-state index in [0.717, 1.165) is 45.0 Å². The smallest absolute Gasteiger partial charge is 0.0547 e. The second-order valence-corrected chi connectivity index (χ2v) is 17.7. The van der Waals surface area contributed by atoms with E-state index in [2.05, 4.69) is 276 Å². The number of para-hydroxylation sites is 3. The standard InChI is InChI=1S/C66H44N2/c1-2-15-45(16-3-1)46-29-31-49(32-30-46)59-23-8-11-26-63(59)67(55-38-35-47(36-39-55)52-37-40-58-54(41-52)34-33-48-17-6-7-22-57(48)58)64-27-12-9-24-60(64)53-20-14-21-56(42-53)68-65-28-13-10-25-61(65)62-43-50-18-4-5-19-51(50)44-66(62)68/h1-44H. The summed E-state index contributed by atoms with van der Waals surface area (Å²) in [5.41, 5.74) is 16.1. The first-order valence-corrected chi connectivity index (χ1v) is 23.4.